The molecule has 160 valence electrons. The van der Waals surface area contributed by atoms with Gasteiger partial charge in [0, 0.05) is 30.4 Å². The Morgan fingerprint density at radius 2 is 2.00 bits per heavy atom. The number of fused-ring (bicyclic) bond motifs is 1. The summed E-state index contributed by atoms with van der Waals surface area (Å²) in [5.74, 6) is 0.841. The summed E-state index contributed by atoms with van der Waals surface area (Å²) in [6.45, 7) is 6.52. The van der Waals surface area contributed by atoms with E-state index >= 15 is 0 Å². The van der Waals surface area contributed by atoms with Gasteiger partial charge in [-0.05, 0) is 64.5 Å². The van der Waals surface area contributed by atoms with Crippen molar-refractivity contribution in [2.45, 2.75) is 39.7 Å². The fraction of sp³-hybridized carbons (Fsp3) is 0.435. The second-order valence-corrected chi connectivity index (χ2v) is 7.88. The van der Waals surface area contributed by atoms with Crippen LogP contribution in [0.4, 0.5) is 0 Å². The molecule has 7 heteroatoms. The molecule has 1 atom stereocenters. The third-order valence-corrected chi connectivity index (χ3v) is 5.48. The standard InChI is InChI=1S/C23H31N5O2/c1-15-12-22-25-16(2)20(17(3)28(22)26-15)10-11-23(29)24-14-21(27(4)5)18-8-7-9-19(13-18)30-6/h7-9,12-13,21H,10-11,14H2,1-6H3,(H,24,29). The van der Waals surface area contributed by atoms with Gasteiger partial charge in [-0.25, -0.2) is 9.50 Å². The fourth-order valence-corrected chi connectivity index (χ4v) is 3.79. The third-order valence-electron chi connectivity index (χ3n) is 5.48. The topological polar surface area (TPSA) is 71.8 Å². The lowest BCUT2D eigenvalue weighted by Crippen LogP contribution is -2.34. The number of nitrogens with zero attached hydrogens (tertiary/aromatic N) is 4. The normalized spacial score (nSPS) is 12.4. The molecule has 1 N–H and O–H groups in total. The van der Waals surface area contributed by atoms with Crippen LogP contribution in [-0.2, 0) is 11.2 Å². The second kappa shape index (κ2) is 9.26. The lowest BCUT2D eigenvalue weighted by Gasteiger charge is -2.25. The molecule has 0 spiro atoms. The molecule has 0 saturated carbocycles. The molecular formula is C23H31N5O2. The van der Waals surface area contributed by atoms with Crippen LogP contribution in [0.1, 0.15) is 40.7 Å². The first-order valence-corrected chi connectivity index (χ1v) is 10.2. The molecule has 0 radical (unpaired) electrons. The van der Waals surface area contributed by atoms with E-state index < -0.39 is 0 Å². The highest BCUT2D eigenvalue weighted by Crippen LogP contribution is 2.22. The van der Waals surface area contributed by atoms with Crippen molar-refractivity contribution >= 4 is 11.6 Å². The number of likely N-dealkylation sites (N-methyl/N-ethyl adjacent to an activating group) is 1. The minimum atomic E-state index is 0.0280. The number of hydrogen-bond donors (Lipinski definition) is 1. The molecule has 3 aromatic rings. The van der Waals surface area contributed by atoms with Crippen LogP contribution in [0, 0.1) is 20.8 Å². The Bertz CT molecular complexity index is 1040. The number of methoxy groups -OCH3 is 1. The zero-order valence-corrected chi connectivity index (χ0v) is 18.7. The minimum absolute atomic E-state index is 0.0280. The Kier molecular flexibility index (Phi) is 6.72. The fourth-order valence-electron chi connectivity index (χ4n) is 3.79. The Morgan fingerprint density at radius 1 is 1.23 bits per heavy atom. The number of hydrogen-bond acceptors (Lipinski definition) is 5. The predicted octanol–water partition coefficient (Wildman–Crippen LogP) is 3.01. The van der Waals surface area contributed by atoms with Crippen molar-refractivity contribution < 1.29 is 9.53 Å². The van der Waals surface area contributed by atoms with Gasteiger partial charge in [0.25, 0.3) is 0 Å². The largest absolute Gasteiger partial charge is 0.497 e. The van der Waals surface area contributed by atoms with Gasteiger partial charge in [0.2, 0.25) is 5.91 Å². The van der Waals surface area contributed by atoms with Crippen molar-refractivity contribution in [2.75, 3.05) is 27.7 Å². The van der Waals surface area contributed by atoms with Gasteiger partial charge in [0.05, 0.1) is 18.8 Å². The maximum atomic E-state index is 12.6. The van der Waals surface area contributed by atoms with Crippen LogP contribution in [0.3, 0.4) is 0 Å². The predicted molar refractivity (Wildman–Crippen MR) is 118 cm³/mol. The summed E-state index contributed by atoms with van der Waals surface area (Å²) in [4.78, 5) is 19.3. The maximum absolute atomic E-state index is 12.6. The molecule has 1 aromatic carbocycles. The lowest BCUT2D eigenvalue weighted by atomic mass is 10.0. The summed E-state index contributed by atoms with van der Waals surface area (Å²) in [5, 5.41) is 7.59. The van der Waals surface area contributed by atoms with Gasteiger partial charge >= 0.3 is 0 Å². The number of benzene rings is 1. The van der Waals surface area contributed by atoms with E-state index in [9.17, 15) is 4.79 Å². The van der Waals surface area contributed by atoms with Crippen LogP contribution >= 0.6 is 0 Å². The molecule has 0 bridgehead atoms. The summed E-state index contributed by atoms with van der Waals surface area (Å²) in [6, 6.07) is 9.99. The number of ether oxygens (including phenoxy) is 1. The SMILES string of the molecule is COc1cccc(C(CNC(=O)CCc2c(C)nc3cc(C)nn3c2C)N(C)C)c1. The van der Waals surface area contributed by atoms with Gasteiger partial charge in [-0.1, -0.05) is 12.1 Å². The molecule has 1 amide bonds. The highest BCUT2D eigenvalue weighted by atomic mass is 16.5. The Labute approximate surface area is 178 Å². The molecule has 7 nitrogen and oxygen atoms in total. The highest BCUT2D eigenvalue weighted by molar-refractivity contribution is 5.76. The van der Waals surface area contributed by atoms with Crippen LogP contribution in [0.25, 0.3) is 5.65 Å². The monoisotopic (exact) mass is 409 g/mol. The average Bonchev–Trinajstić information content (AvgIpc) is 3.08. The van der Waals surface area contributed by atoms with Gasteiger partial charge in [0.15, 0.2) is 5.65 Å². The third kappa shape index (κ3) is 4.79. The number of aromatic nitrogens is 3. The quantitative estimate of drug-likeness (QED) is 0.619. The molecule has 0 aliphatic carbocycles. The molecule has 30 heavy (non-hydrogen) atoms. The van der Waals surface area contributed by atoms with Crippen LogP contribution in [-0.4, -0.2) is 53.2 Å². The average molecular weight is 410 g/mol. The Morgan fingerprint density at radius 3 is 2.70 bits per heavy atom. The molecule has 2 aromatic heterocycles. The summed E-state index contributed by atoms with van der Waals surface area (Å²) in [5.41, 5.74) is 5.97. The summed E-state index contributed by atoms with van der Waals surface area (Å²) in [6.07, 6.45) is 1.05. The van der Waals surface area contributed by atoms with E-state index in [1.807, 2.05) is 63.6 Å². The summed E-state index contributed by atoms with van der Waals surface area (Å²) >= 11 is 0. The minimum Gasteiger partial charge on any atom is -0.497 e. The Balaban J connectivity index is 1.64. The number of carbonyl (C=O) groups excluding carboxylic acids is 1. The zero-order chi connectivity index (χ0) is 21.8. The number of nitrogens with one attached hydrogen (secondary N) is 1. The van der Waals surface area contributed by atoms with Crippen LogP contribution < -0.4 is 10.1 Å². The molecule has 2 heterocycles. The van der Waals surface area contributed by atoms with E-state index in [1.165, 1.54) is 0 Å². The van der Waals surface area contributed by atoms with Gasteiger partial charge in [-0.15, -0.1) is 0 Å². The molecule has 0 saturated heterocycles. The molecule has 1 unspecified atom stereocenters. The molecule has 0 aliphatic heterocycles. The first-order chi connectivity index (χ1) is 14.3. The lowest BCUT2D eigenvalue weighted by molar-refractivity contribution is -0.121. The van der Waals surface area contributed by atoms with Crippen molar-refractivity contribution in [3.05, 3.63) is 58.5 Å². The van der Waals surface area contributed by atoms with E-state index in [0.29, 0.717) is 19.4 Å². The van der Waals surface area contributed by atoms with Gasteiger partial charge in [-0.2, -0.15) is 5.10 Å². The number of rotatable bonds is 8. The van der Waals surface area contributed by atoms with Crippen molar-refractivity contribution in [2.24, 2.45) is 0 Å². The van der Waals surface area contributed by atoms with Gasteiger partial charge in [0.1, 0.15) is 5.75 Å². The number of aryl methyl sites for hydroxylation is 3. The van der Waals surface area contributed by atoms with E-state index in [4.69, 9.17) is 4.74 Å². The number of amides is 1. The van der Waals surface area contributed by atoms with E-state index in [-0.39, 0.29) is 11.9 Å². The van der Waals surface area contributed by atoms with Crippen molar-refractivity contribution in [3.8, 4) is 5.75 Å². The van der Waals surface area contributed by atoms with Crippen LogP contribution in [0.15, 0.2) is 30.3 Å². The van der Waals surface area contributed by atoms with E-state index in [1.54, 1.807) is 7.11 Å². The van der Waals surface area contributed by atoms with Gasteiger partial charge in [-0.3, -0.25) is 4.79 Å². The molecule has 0 fully saturated rings. The Hall–Kier alpha value is -2.93. The van der Waals surface area contributed by atoms with Crippen LogP contribution in [0.5, 0.6) is 5.75 Å². The summed E-state index contributed by atoms with van der Waals surface area (Å²) < 4.78 is 7.19. The zero-order valence-electron chi connectivity index (χ0n) is 18.7. The molecule has 3 rings (SSSR count). The number of carbonyl (C=O) groups is 1. The van der Waals surface area contributed by atoms with Crippen LogP contribution in [0.2, 0.25) is 0 Å². The first kappa shape index (κ1) is 21.8. The van der Waals surface area contributed by atoms with Crippen molar-refractivity contribution in [1.29, 1.82) is 0 Å². The van der Waals surface area contributed by atoms with E-state index in [2.05, 4.69) is 26.4 Å². The first-order valence-electron chi connectivity index (χ1n) is 10.2. The molecular weight excluding hydrogens is 378 g/mol. The van der Waals surface area contributed by atoms with Crippen molar-refractivity contribution in [3.63, 3.8) is 0 Å². The van der Waals surface area contributed by atoms with Crippen molar-refractivity contribution in [1.82, 2.24) is 24.8 Å². The maximum Gasteiger partial charge on any atom is 0.220 e. The smallest absolute Gasteiger partial charge is 0.220 e. The molecule has 0 aliphatic rings. The highest BCUT2D eigenvalue weighted by Gasteiger charge is 2.17. The summed E-state index contributed by atoms with van der Waals surface area (Å²) in [7, 11) is 5.68. The van der Waals surface area contributed by atoms with Gasteiger partial charge < -0.3 is 15.0 Å². The second-order valence-electron chi connectivity index (χ2n) is 7.88. The van der Waals surface area contributed by atoms with E-state index in [0.717, 1.165) is 39.6 Å².